The van der Waals surface area contributed by atoms with Crippen molar-refractivity contribution in [1.82, 2.24) is 19.7 Å². The minimum absolute atomic E-state index is 0.0188. The van der Waals surface area contributed by atoms with E-state index in [1.165, 1.54) is 30.7 Å². The van der Waals surface area contributed by atoms with Crippen molar-refractivity contribution in [3.8, 4) is 34.2 Å². The Hall–Kier alpha value is -5.66. The van der Waals surface area contributed by atoms with Gasteiger partial charge in [0.05, 0.1) is 30.7 Å². The Kier molecular flexibility index (Phi) is 9.12. The first-order valence-corrected chi connectivity index (χ1v) is 13.5. The number of methoxy groups -OCH3 is 1. The highest BCUT2D eigenvalue weighted by molar-refractivity contribution is 6.00. The molecule has 0 spiro atoms. The number of alkyl halides is 3. The van der Waals surface area contributed by atoms with Gasteiger partial charge in [-0.2, -0.15) is 18.3 Å². The van der Waals surface area contributed by atoms with Crippen LogP contribution in [0.5, 0.6) is 17.4 Å². The maximum atomic E-state index is 15.1. The van der Waals surface area contributed by atoms with Crippen molar-refractivity contribution in [1.29, 1.82) is 0 Å². The zero-order valence-electron chi connectivity index (χ0n) is 23.9. The van der Waals surface area contributed by atoms with Crippen LogP contribution in [0.3, 0.4) is 0 Å². The topological polar surface area (TPSA) is 112 Å². The molecule has 10 nitrogen and oxygen atoms in total. The molecular formula is C31H26F4N6O4. The van der Waals surface area contributed by atoms with E-state index in [1.54, 1.807) is 26.2 Å². The van der Waals surface area contributed by atoms with Crippen LogP contribution in [0.15, 0.2) is 85.6 Å². The molecule has 0 unspecified atom stereocenters. The Morgan fingerprint density at radius 3 is 2.42 bits per heavy atom. The monoisotopic (exact) mass is 622 g/mol. The highest BCUT2D eigenvalue weighted by atomic mass is 19.4. The first kappa shape index (κ1) is 30.8. The predicted octanol–water partition coefficient (Wildman–Crippen LogP) is 7.12. The number of amides is 2. The lowest BCUT2D eigenvalue weighted by molar-refractivity contribution is -0.137. The third-order valence-corrected chi connectivity index (χ3v) is 6.39. The zero-order chi connectivity index (χ0) is 32.0. The van der Waals surface area contributed by atoms with E-state index in [4.69, 9.17) is 14.2 Å². The smallest absolute Gasteiger partial charge is 0.416 e. The van der Waals surface area contributed by atoms with Crippen molar-refractivity contribution in [3.05, 3.63) is 103 Å². The molecular weight excluding hydrogens is 596 g/mol. The fraction of sp³-hybridized carbons (Fsp3) is 0.161. The first-order chi connectivity index (χ1) is 21.6. The van der Waals surface area contributed by atoms with E-state index in [2.05, 4.69) is 25.7 Å². The van der Waals surface area contributed by atoms with E-state index in [1.807, 2.05) is 24.3 Å². The largest absolute Gasteiger partial charge is 0.497 e. The van der Waals surface area contributed by atoms with Gasteiger partial charge in [0.15, 0.2) is 5.75 Å². The second kappa shape index (κ2) is 13.3. The molecule has 45 heavy (non-hydrogen) atoms. The number of benzene rings is 3. The lowest BCUT2D eigenvalue weighted by Crippen LogP contribution is -2.21. The van der Waals surface area contributed by atoms with Gasteiger partial charge in [-0.05, 0) is 66.6 Å². The minimum Gasteiger partial charge on any atom is -0.497 e. The Morgan fingerprint density at radius 1 is 0.956 bits per heavy atom. The molecule has 0 bridgehead atoms. The van der Waals surface area contributed by atoms with Gasteiger partial charge in [-0.15, -0.1) is 0 Å². The van der Waals surface area contributed by atoms with Crippen molar-refractivity contribution >= 4 is 17.4 Å². The summed E-state index contributed by atoms with van der Waals surface area (Å²) in [6, 6.07) is 15.0. The van der Waals surface area contributed by atoms with Crippen LogP contribution in [0.1, 0.15) is 18.1 Å². The first-order valence-electron chi connectivity index (χ1n) is 13.5. The van der Waals surface area contributed by atoms with Crippen molar-refractivity contribution in [2.75, 3.05) is 24.4 Å². The van der Waals surface area contributed by atoms with Crippen LogP contribution in [0.4, 0.5) is 33.7 Å². The number of ether oxygens (including phenoxy) is 3. The van der Waals surface area contributed by atoms with Crippen LogP contribution in [-0.4, -0.2) is 39.5 Å². The van der Waals surface area contributed by atoms with Crippen molar-refractivity contribution in [3.63, 3.8) is 0 Å². The summed E-state index contributed by atoms with van der Waals surface area (Å²) >= 11 is 0. The van der Waals surface area contributed by atoms with Gasteiger partial charge < -0.3 is 24.8 Å². The summed E-state index contributed by atoms with van der Waals surface area (Å²) in [5.41, 5.74) is 0.468. The number of hydrogen-bond acceptors (Lipinski definition) is 7. The molecule has 0 radical (unpaired) electrons. The van der Waals surface area contributed by atoms with Gasteiger partial charge >= 0.3 is 12.2 Å². The van der Waals surface area contributed by atoms with E-state index in [0.29, 0.717) is 23.5 Å². The molecule has 2 N–H and O–H groups in total. The molecule has 232 valence electrons. The van der Waals surface area contributed by atoms with Gasteiger partial charge in [0.2, 0.25) is 0 Å². The number of halogens is 4. The molecule has 0 aliphatic carbocycles. The summed E-state index contributed by atoms with van der Waals surface area (Å²) < 4.78 is 73.4. The maximum absolute atomic E-state index is 15.1. The van der Waals surface area contributed by atoms with Crippen LogP contribution in [0.25, 0.3) is 16.8 Å². The summed E-state index contributed by atoms with van der Waals surface area (Å²) in [4.78, 5) is 20.7. The normalized spacial score (nSPS) is 11.2. The number of nitrogens with zero attached hydrogens (tertiary/aromatic N) is 4. The molecule has 5 rings (SSSR count). The van der Waals surface area contributed by atoms with Crippen LogP contribution in [-0.2, 0) is 12.8 Å². The van der Waals surface area contributed by atoms with Gasteiger partial charge in [-0.3, -0.25) is 0 Å². The third-order valence-electron chi connectivity index (χ3n) is 6.39. The average molecular weight is 623 g/mol. The third kappa shape index (κ3) is 7.65. The van der Waals surface area contributed by atoms with Crippen LogP contribution in [0.2, 0.25) is 0 Å². The molecule has 3 aromatic carbocycles. The molecule has 2 aromatic heterocycles. The van der Waals surface area contributed by atoms with Crippen molar-refractivity contribution in [2.45, 2.75) is 19.7 Å². The summed E-state index contributed by atoms with van der Waals surface area (Å²) in [6.45, 7) is 2.37. The summed E-state index contributed by atoms with van der Waals surface area (Å²) in [5, 5.41) is 8.46. The Balaban J connectivity index is 1.29. The molecule has 0 saturated heterocycles. The van der Waals surface area contributed by atoms with Gasteiger partial charge in [-0.25, -0.2) is 23.8 Å². The quantitative estimate of drug-likeness (QED) is 0.160. The Morgan fingerprint density at radius 2 is 1.76 bits per heavy atom. The standard InChI is InChI=1S/C31H26F4N6O4/c1-3-44-28-11-21(15-37-29(28)45-16-19-4-7-25(43-2)8-5-19)20-6-9-27(26(32)10-20)40-30(42)39-23-12-22(31(33,34)35)13-24(14-23)41-18-36-17-38-41/h4-15,17-18H,3,16H2,1-2H3,(H2,39,40,42). The van der Waals surface area contributed by atoms with E-state index < -0.39 is 23.6 Å². The number of anilines is 2. The number of rotatable bonds is 10. The number of hydrogen-bond donors (Lipinski definition) is 2. The summed E-state index contributed by atoms with van der Waals surface area (Å²) in [5.74, 6) is 0.553. The lowest BCUT2D eigenvalue weighted by Gasteiger charge is -2.14. The number of nitrogens with one attached hydrogen (secondary N) is 2. The predicted molar refractivity (Wildman–Crippen MR) is 157 cm³/mol. The van der Waals surface area contributed by atoms with Crippen LogP contribution in [0, 0.1) is 5.82 Å². The molecule has 2 heterocycles. The fourth-order valence-electron chi connectivity index (χ4n) is 4.23. The second-order valence-corrected chi connectivity index (χ2v) is 9.48. The number of carbonyl (C=O) groups is 1. The Labute approximate surface area is 254 Å². The molecule has 0 aliphatic heterocycles. The van der Waals surface area contributed by atoms with Gasteiger partial charge in [0.1, 0.15) is 30.8 Å². The molecule has 0 fully saturated rings. The lowest BCUT2D eigenvalue weighted by atomic mass is 10.1. The van der Waals surface area contributed by atoms with Crippen molar-refractivity contribution < 1.29 is 36.6 Å². The molecule has 14 heteroatoms. The number of carbonyl (C=O) groups excluding carboxylic acids is 1. The number of pyridine rings is 1. The van der Waals surface area contributed by atoms with E-state index >= 15 is 4.39 Å². The van der Waals surface area contributed by atoms with Crippen molar-refractivity contribution in [2.24, 2.45) is 0 Å². The fourth-order valence-corrected chi connectivity index (χ4v) is 4.23. The number of aromatic nitrogens is 4. The maximum Gasteiger partial charge on any atom is 0.416 e. The molecule has 0 aliphatic rings. The van der Waals surface area contributed by atoms with E-state index in [0.717, 1.165) is 34.5 Å². The SMILES string of the molecule is CCOc1cc(-c2ccc(NC(=O)Nc3cc(-n4cncn4)cc(C(F)(F)F)c3)c(F)c2)cnc1OCc1ccc(OC)cc1. The summed E-state index contributed by atoms with van der Waals surface area (Å²) in [6.07, 6.45) is -0.817. The molecule has 0 saturated carbocycles. The van der Waals surface area contributed by atoms with E-state index in [-0.39, 0.29) is 29.5 Å². The van der Waals surface area contributed by atoms with Crippen LogP contribution < -0.4 is 24.8 Å². The van der Waals surface area contributed by atoms with Gasteiger partial charge in [0, 0.05) is 17.4 Å². The highest BCUT2D eigenvalue weighted by Crippen LogP contribution is 2.34. The number of urea groups is 1. The highest BCUT2D eigenvalue weighted by Gasteiger charge is 2.31. The van der Waals surface area contributed by atoms with Crippen LogP contribution >= 0.6 is 0 Å². The Bertz CT molecular complexity index is 1780. The molecule has 5 aromatic rings. The minimum atomic E-state index is -4.69. The van der Waals surface area contributed by atoms with E-state index in [9.17, 15) is 18.0 Å². The van der Waals surface area contributed by atoms with Gasteiger partial charge in [0.25, 0.3) is 5.88 Å². The molecule has 0 atom stereocenters. The molecule has 2 amide bonds. The summed E-state index contributed by atoms with van der Waals surface area (Å²) in [7, 11) is 1.58. The zero-order valence-corrected chi connectivity index (χ0v) is 23.9. The van der Waals surface area contributed by atoms with Gasteiger partial charge in [-0.1, -0.05) is 18.2 Å². The second-order valence-electron chi connectivity index (χ2n) is 9.48. The average Bonchev–Trinajstić information content (AvgIpc) is 3.57.